The first kappa shape index (κ1) is 16.0. The Hall–Kier alpha value is -2.35. The van der Waals surface area contributed by atoms with E-state index in [1.54, 1.807) is 28.0 Å². The molecule has 0 N–H and O–H groups in total. The van der Waals surface area contributed by atoms with Gasteiger partial charge in [-0.15, -0.1) is 11.6 Å². The summed E-state index contributed by atoms with van der Waals surface area (Å²) in [5.74, 6) is 0.377. The van der Waals surface area contributed by atoms with Crippen LogP contribution in [0.25, 0.3) is 0 Å². The summed E-state index contributed by atoms with van der Waals surface area (Å²) in [6.07, 6.45) is 4.77. The van der Waals surface area contributed by atoms with Crippen LogP contribution in [0.15, 0.2) is 24.8 Å². The van der Waals surface area contributed by atoms with Gasteiger partial charge in [0.05, 0.1) is 7.11 Å². The average molecular weight is 325 g/mol. The van der Waals surface area contributed by atoms with Crippen LogP contribution in [0.1, 0.15) is 0 Å². The van der Waals surface area contributed by atoms with Crippen molar-refractivity contribution in [1.82, 2.24) is 19.7 Å². The Morgan fingerprint density at radius 2 is 2.18 bits per heavy atom. The minimum atomic E-state index is -0.298. The molecule has 0 bridgehead atoms. The van der Waals surface area contributed by atoms with Crippen molar-refractivity contribution >= 4 is 29.0 Å². The number of halogens is 1. The van der Waals surface area contributed by atoms with E-state index in [0.717, 1.165) is 0 Å². The maximum absolute atomic E-state index is 12.3. The van der Waals surface area contributed by atoms with Crippen LogP contribution in [0.3, 0.4) is 0 Å². The van der Waals surface area contributed by atoms with Gasteiger partial charge >= 0.3 is 0 Å². The molecule has 2 heterocycles. The Balaban J connectivity index is 2.52. The lowest BCUT2D eigenvalue weighted by molar-refractivity contribution is -0.116. The zero-order valence-electron chi connectivity index (χ0n) is 12.6. The lowest BCUT2D eigenvalue weighted by Crippen LogP contribution is -2.36. The highest BCUT2D eigenvalue weighted by Gasteiger charge is 2.25. The zero-order chi connectivity index (χ0) is 16.1. The molecule has 2 rings (SSSR count). The molecule has 1 amide bonds. The van der Waals surface area contributed by atoms with Crippen LogP contribution in [-0.4, -0.2) is 52.7 Å². The number of carbonyl (C=O) groups is 1. The molecule has 0 aliphatic heterocycles. The quantitative estimate of drug-likeness (QED) is 0.737. The first-order chi connectivity index (χ1) is 10.6. The number of alkyl halides is 1. The van der Waals surface area contributed by atoms with Gasteiger partial charge in [-0.25, -0.2) is 4.98 Å². The fourth-order valence-corrected chi connectivity index (χ4v) is 2.09. The number of carbonyl (C=O) groups excluding carboxylic acids is 1. The molecule has 0 aromatic carbocycles. The van der Waals surface area contributed by atoms with Crippen LogP contribution >= 0.6 is 11.6 Å². The van der Waals surface area contributed by atoms with E-state index in [1.165, 1.54) is 18.3 Å². The van der Waals surface area contributed by atoms with Gasteiger partial charge in [-0.3, -0.25) is 14.4 Å². The Morgan fingerprint density at radius 3 is 2.73 bits per heavy atom. The second-order valence-electron chi connectivity index (χ2n) is 4.59. The van der Waals surface area contributed by atoms with E-state index >= 15 is 0 Å². The fourth-order valence-electron chi connectivity index (χ4n) is 1.94. The van der Waals surface area contributed by atoms with E-state index in [1.807, 2.05) is 14.1 Å². The topological polar surface area (TPSA) is 76.4 Å². The predicted octanol–water partition coefficient (Wildman–Crippen LogP) is 0.977. The molecule has 0 radical (unpaired) electrons. The van der Waals surface area contributed by atoms with Gasteiger partial charge in [-0.1, -0.05) is 0 Å². The number of hydrogen-bond acceptors (Lipinski definition) is 6. The van der Waals surface area contributed by atoms with Crippen LogP contribution < -0.4 is 14.5 Å². The number of anilines is 2. The molecule has 0 aliphatic carbocycles. The summed E-state index contributed by atoms with van der Waals surface area (Å²) in [6, 6.07) is 1.77. The van der Waals surface area contributed by atoms with Crippen molar-refractivity contribution in [3.05, 3.63) is 24.8 Å². The van der Waals surface area contributed by atoms with Gasteiger partial charge in [0.15, 0.2) is 11.5 Å². The van der Waals surface area contributed by atoms with Gasteiger partial charge < -0.3 is 9.64 Å². The number of nitrogens with zero attached hydrogens (tertiary/aromatic N) is 6. The molecule has 0 unspecified atom stereocenters. The van der Waals surface area contributed by atoms with Crippen LogP contribution in [0.4, 0.5) is 11.5 Å². The molecule has 0 saturated heterocycles. The normalized spacial score (nSPS) is 10.4. The maximum atomic E-state index is 12.3. The molecular formula is C13H17ClN6O2. The van der Waals surface area contributed by atoms with Crippen molar-refractivity contribution in [2.75, 3.05) is 36.9 Å². The SMILES string of the molecule is COc1ncnc(N(C)C)c1N(Cn1cccn1)C(=O)CCl. The zero-order valence-corrected chi connectivity index (χ0v) is 13.4. The van der Waals surface area contributed by atoms with Gasteiger partial charge in [0.1, 0.15) is 18.9 Å². The molecule has 2 aromatic heterocycles. The van der Waals surface area contributed by atoms with Gasteiger partial charge in [-0.2, -0.15) is 10.1 Å². The second kappa shape index (κ2) is 7.08. The van der Waals surface area contributed by atoms with Gasteiger partial charge in [0, 0.05) is 26.5 Å². The van der Waals surface area contributed by atoms with E-state index < -0.39 is 0 Å². The molecule has 0 saturated carbocycles. The summed E-state index contributed by atoms with van der Waals surface area (Å²) in [6.45, 7) is 0.184. The third-order valence-electron chi connectivity index (χ3n) is 2.92. The highest BCUT2D eigenvalue weighted by atomic mass is 35.5. The van der Waals surface area contributed by atoms with E-state index in [0.29, 0.717) is 17.4 Å². The average Bonchev–Trinajstić information content (AvgIpc) is 3.04. The largest absolute Gasteiger partial charge is 0.479 e. The molecule has 0 aliphatic rings. The number of hydrogen-bond donors (Lipinski definition) is 0. The molecule has 0 atom stereocenters. The minimum Gasteiger partial charge on any atom is -0.479 e. The molecule has 8 nitrogen and oxygen atoms in total. The smallest absolute Gasteiger partial charge is 0.243 e. The van der Waals surface area contributed by atoms with E-state index in [-0.39, 0.29) is 18.5 Å². The summed E-state index contributed by atoms with van der Waals surface area (Å²) in [4.78, 5) is 23.8. The Bertz CT molecular complexity index is 631. The van der Waals surface area contributed by atoms with Crippen molar-refractivity contribution < 1.29 is 9.53 Å². The summed E-state index contributed by atoms with van der Waals surface area (Å²) in [5.41, 5.74) is 0.455. The molecule has 118 valence electrons. The molecule has 0 fully saturated rings. The number of amides is 1. The van der Waals surface area contributed by atoms with Crippen molar-refractivity contribution in [2.45, 2.75) is 6.67 Å². The van der Waals surface area contributed by atoms with Crippen LogP contribution in [-0.2, 0) is 11.5 Å². The number of aromatic nitrogens is 4. The lowest BCUT2D eigenvalue weighted by atomic mass is 10.3. The molecule has 9 heteroatoms. The van der Waals surface area contributed by atoms with E-state index in [2.05, 4.69) is 15.1 Å². The monoisotopic (exact) mass is 324 g/mol. The number of ether oxygens (including phenoxy) is 1. The molecule has 2 aromatic rings. The number of methoxy groups -OCH3 is 1. The number of rotatable bonds is 6. The van der Waals surface area contributed by atoms with Crippen LogP contribution in [0, 0.1) is 0 Å². The summed E-state index contributed by atoms with van der Waals surface area (Å²) in [7, 11) is 5.13. The summed E-state index contributed by atoms with van der Waals surface area (Å²) in [5, 5.41) is 4.11. The second-order valence-corrected chi connectivity index (χ2v) is 4.86. The molecule has 22 heavy (non-hydrogen) atoms. The minimum absolute atomic E-state index is 0.174. The summed E-state index contributed by atoms with van der Waals surface area (Å²) < 4.78 is 6.89. The Morgan fingerprint density at radius 1 is 1.41 bits per heavy atom. The predicted molar refractivity (Wildman–Crippen MR) is 83.3 cm³/mol. The van der Waals surface area contributed by atoms with Gasteiger partial charge in [0.2, 0.25) is 11.8 Å². The van der Waals surface area contributed by atoms with Crippen molar-refractivity contribution in [2.24, 2.45) is 0 Å². The van der Waals surface area contributed by atoms with Crippen molar-refractivity contribution in [3.63, 3.8) is 0 Å². The van der Waals surface area contributed by atoms with Crippen molar-refractivity contribution in [3.8, 4) is 5.88 Å². The Labute approximate surface area is 133 Å². The summed E-state index contributed by atoms with van der Waals surface area (Å²) >= 11 is 5.75. The first-order valence-corrected chi connectivity index (χ1v) is 7.02. The maximum Gasteiger partial charge on any atom is 0.243 e. The Kier molecular flexibility index (Phi) is 5.16. The van der Waals surface area contributed by atoms with Crippen molar-refractivity contribution in [1.29, 1.82) is 0 Å². The van der Waals surface area contributed by atoms with Gasteiger partial charge in [0.25, 0.3) is 0 Å². The molecular weight excluding hydrogens is 308 g/mol. The highest BCUT2D eigenvalue weighted by molar-refractivity contribution is 6.29. The third kappa shape index (κ3) is 3.28. The van der Waals surface area contributed by atoms with Crippen LogP contribution in [0.2, 0.25) is 0 Å². The fraction of sp³-hybridized carbons (Fsp3) is 0.385. The van der Waals surface area contributed by atoms with Gasteiger partial charge in [-0.05, 0) is 6.07 Å². The standard InChI is InChI=1S/C13H17ClN6O2/c1-18(2)12-11(13(22-3)16-8-15-12)20(10(21)7-14)9-19-6-4-5-17-19/h4-6,8H,7,9H2,1-3H3. The highest BCUT2D eigenvalue weighted by Crippen LogP contribution is 2.34. The first-order valence-electron chi connectivity index (χ1n) is 6.48. The van der Waals surface area contributed by atoms with Crippen LogP contribution in [0.5, 0.6) is 5.88 Å². The molecule has 0 spiro atoms. The van der Waals surface area contributed by atoms with E-state index in [4.69, 9.17) is 16.3 Å². The lowest BCUT2D eigenvalue weighted by Gasteiger charge is -2.27. The van der Waals surface area contributed by atoms with E-state index in [9.17, 15) is 4.79 Å². The third-order valence-corrected chi connectivity index (χ3v) is 3.15.